The van der Waals surface area contributed by atoms with Gasteiger partial charge in [0.1, 0.15) is 11.8 Å². The number of carbonyl (C=O) groups excluding carboxylic acids is 2. The largest absolute Gasteiger partial charge is 0.446 e. The van der Waals surface area contributed by atoms with E-state index in [9.17, 15) is 9.59 Å². The van der Waals surface area contributed by atoms with Gasteiger partial charge in [-0.25, -0.2) is 4.98 Å². The lowest BCUT2D eigenvalue weighted by Crippen LogP contribution is -2.45. The third kappa shape index (κ3) is 5.56. The van der Waals surface area contributed by atoms with Crippen molar-refractivity contribution in [3.8, 4) is 0 Å². The Bertz CT molecular complexity index is 1130. The van der Waals surface area contributed by atoms with Crippen LogP contribution in [0.4, 0.5) is 5.69 Å². The molecule has 1 aromatic carbocycles. The van der Waals surface area contributed by atoms with E-state index < -0.39 is 6.04 Å². The van der Waals surface area contributed by atoms with Gasteiger partial charge in [0.15, 0.2) is 5.89 Å². The first-order valence-corrected chi connectivity index (χ1v) is 11.7. The van der Waals surface area contributed by atoms with Crippen LogP contribution in [0.15, 0.2) is 40.9 Å². The second-order valence-corrected chi connectivity index (χ2v) is 9.69. The molecule has 7 nitrogen and oxygen atoms in total. The van der Waals surface area contributed by atoms with Gasteiger partial charge < -0.3 is 20.0 Å². The van der Waals surface area contributed by atoms with Crippen molar-refractivity contribution in [1.29, 1.82) is 0 Å². The van der Waals surface area contributed by atoms with Gasteiger partial charge in [-0.3, -0.25) is 9.59 Å². The van der Waals surface area contributed by atoms with E-state index in [1.54, 1.807) is 25.3 Å². The quantitative estimate of drug-likeness (QED) is 0.571. The minimum Gasteiger partial charge on any atom is -0.446 e. The highest BCUT2D eigenvalue weighted by atomic mass is 35.5. The van der Waals surface area contributed by atoms with Crippen LogP contribution in [0, 0.1) is 6.92 Å². The summed E-state index contributed by atoms with van der Waals surface area (Å²) in [6, 6.07) is 8.44. The lowest BCUT2D eigenvalue weighted by Gasteiger charge is -2.18. The fourth-order valence-corrected chi connectivity index (χ4v) is 4.64. The molecule has 9 heteroatoms. The van der Waals surface area contributed by atoms with Crippen molar-refractivity contribution in [3.63, 3.8) is 0 Å². The van der Waals surface area contributed by atoms with Crippen molar-refractivity contribution in [3.05, 3.63) is 68.5 Å². The van der Waals surface area contributed by atoms with E-state index in [0.29, 0.717) is 26.6 Å². The van der Waals surface area contributed by atoms with Crippen LogP contribution in [0.2, 0.25) is 4.34 Å². The summed E-state index contributed by atoms with van der Waals surface area (Å²) < 4.78 is 6.05. The number of anilines is 1. The Balaban J connectivity index is 1.51. The predicted molar refractivity (Wildman–Crippen MR) is 126 cm³/mol. The van der Waals surface area contributed by atoms with E-state index >= 15 is 0 Å². The molecule has 1 aliphatic rings. The number of halogens is 1. The van der Waals surface area contributed by atoms with Gasteiger partial charge >= 0.3 is 0 Å². The molecule has 0 saturated carbocycles. The van der Waals surface area contributed by atoms with Crippen LogP contribution < -0.4 is 10.6 Å². The number of benzene rings is 1. The summed E-state index contributed by atoms with van der Waals surface area (Å²) in [6.45, 7) is 3.79. The molecule has 1 aliphatic heterocycles. The molecule has 2 amide bonds. The Kier molecular flexibility index (Phi) is 6.93. The number of likely N-dealkylation sites (N-methyl/N-ethyl adjacent to an activating group) is 1. The molecule has 0 saturated heterocycles. The van der Waals surface area contributed by atoms with Crippen LogP contribution in [0.1, 0.15) is 32.4 Å². The minimum absolute atomic E-state index is 0.139. The minimum atomic E-state index is -0.855. The molecule has 3 heterocycles. The molecule has 32 heavy (non-hydrogen) atoms. The number of oxazole rings is 1. The summed E-state index contributed by atoms with van der Waals surface area (Å²) in [7, 11) is 2.12. The first-order valence-electron chi connectivity index (χ1n) is 10.5. The van der Waals surface area contributed by atoms with Crippen molar-refractivity contribution in [2.75, 3.05) is 25.5 Å². The van der Waals surface area contributed by atoms with Gasteiger partial charge in [0.25, 0.3) is 5.91 Å². The maximum absolute atomic E-state index is 13.2. The maximum atomic E-state index is 13.2. The fraction of sp³-hybridized carbons (Fsp3) is 0.348. The summed E-state index contributed by atoms with van der Waals surface area (Å²) in [4.78, 5) is 32.8. The van der Waals surface area contributed by atoms with Gasteiger partial charge in [0.2, 0.25) is 5.91 Å². The highest BCUT2D eigenvalue weighted by Gasteiger charge is 2.25. The SMILES string of the molecule is Cc1cnc(CC(NC(=O)c2ccc(Cl)s2)C(=O)Nc2ccc3c(c2)CCN(C)CC3)o1. The first kappa shape index (κ1) is 22.5. The first-order chi connectivity index (χ1) is 15.4. The normalized spacial score (nSPS) is 15.0. The standard InChI is InChI=1S/C23H25ClN4O3S/c1-14-13-25-21(31-14)12-18(27-23(30)19-5-6-20(24)32-19)22(29)26-17-4-3-15-7-9-28(2)10-8-16(15)11-17/h3-6,11,13,18H,7-10,12H2,1-2H3,(H,26,29)(H,27,30). The maximum Gasteiger partial charge on any atom is 0.262 e. The zero-order valence-electron chi connectivity index (χ0n) is 18.0. The van der Waals surface area contributed by atoms with Crippen molar-refractivity contribution in [2.45, 2.75) is 32.2 Å². The molecule has 0 bridgehead atoms. The van der Waals surface area contributed by atoms with Crippen LogP contribution in [0.5, 0.6) is 0 Å². The van der Waals surface area contributed by atoms with E-state index in [1.807, 2.05) is 12.1 Å². The smallest absolute Gasteiger partial charge is 0.262 e. The molecule has 1 atom stereocenters. The molecule has 2 aromatic heterocycles. The summed E-state index contributed by atoms with van der Waals surface area (Å²) in [5.41, 5.74) is 3.26. The second-order valence-electron chi connectivity index (χ2n) is 7.97. The number of aromatic nitrogens is 1. The van der Waals surface area contributed by atoms with E-state index in [0.717, 1.165) is 37.3 Å². The lowest BCUT2D eigenvalue weighted by atomic mass is 10.0. The molecule has 0 radical (unpaired) electrons. The number of aryl methyl sites for hydroxylation is 1. The molecular formula is C23H25ClN4O3S. The third-order valence-electron chi connectivity index (χ3n) is 5.47. The molecular weight excluding hydrogens is 448 g/mol. The average Bonchev–Trinajstić information content (AvgIpc) is 3.33. The van der Waals surface area contributed by atoms with Crippen molar-refractivity contribution in [1.82, 2.24) is 15.2 Å². The van der Waals surface area contributed by atoms with E-state index in [4.69, 9.17) is 16.0 Å². The summed E-state index contributed by atoms with van der Waals surface area (Å²) >= 11 is 7.11. The zero-order valence-corrected chi connectivity index (χ0v) is 19.6. The summed E-state index contributed by atoms with van der Waals surface area (Å²) in [5, 5.41) is 5.75. The molecule has 1 unspecified atom stereocenters. The third-order valence-corrected chi connectivity index (χ3v) is 6.70. The van der Waals surface area contributed by atoms with Crippen molar-refractivity contribution >= 4 is 40.4 Å². The topological polar surface area (TPSA) is 87.5 Å². The van der Waals surface area contributed by atoms with Gasteiger partial charge in [0.05, 0.1) is 21.8 Å². The Morgan fingerprint density at radius 1 is 1.22 bits per heavy atom. The number of nitrogens with zero attached hydrogens (tertiary/aromatic N) is 2. The Labute approximate surface area is 195 Å². The van der Waals surface area contributed by atoms with E-state index in [1.165, 1.54) is 11.1 Å². The number of nitrogens with one attached hydrogen (secondary N) is 2. The van der Waals surface area contributed by atoms with Crippen LogP contribution in [0.25, 0.3) is 0 Å². The monoisotopic (exact) mass is 472 g/mol. The van der Waals surface area contributed by atoms with Crippen LogP contribution in [0.3, 0.4) is 0 Å². The number of thiophene rings is 1. The van der Waals surface area contributed by atoms with Gasteiger partial charge in [-0.15, -0.1) is 11.3 Å². The summed E-state index contributed by atoms with van der Waals surface area (Å²) in [5.74, 6) is 0.334. The average molecular weight is 473 g/mol. The second kappa shape index (κ2) is 9.85. The highest BCUT2D eigenvalue weighted by molar-refractivity contribution is 7.18. The molecule has 2 N–H and O–H groups in total. The van der Waals surface area contributed by atoms with E-state index in [-0.39, 0.29) is 18.2 Å². The van der Waals surface area contributed by atoms with E-state index in [2.05, 4.69) is 33.6 Å². The molecule has 3 aromatic rings. The fourth-order valence-electron chi connectivity index (χ4n) is 3.69. The van der Waals surface area contributed by atoms with Gasteiger partial charge in [-0.2, -0.15) is 0 Å². The Hall–Kier alpha value is -2.68. The Morgan fingerprint density at radius 3 is 2.69 bits per heavy atom. The Morgan fingerprint density at radius 2 is 2.00 bits per heavy atom. The van der Waals surface area contributed by atoms with Crippen LogP contribution >= 0.6 is 22.9 Å². The molecule has 4 rings (SSSR count). The number of fused-ring (bicyclic) bond motifs is 1. The molecule has 0 fully saturated rings. The van der Waals surface area contributed by atoms with Crippen molar-refractivity contribution in [2.24, 2.45) is 0 Å². The number of hydrogen-bond acceptors (Lipinski definition) is 6. The zero-order chi connectivity index (χ0) is 22.7. The van der Waals surface area contributed by atoms with Gasteiger partial charge in [-0.05, 0) is 62.2 Å². The van der Waals surface area contributed by atoms with Crippen LogP contribution in [-0.2, 0) is 24.1 Å². The number of carbonyl (C=O) groups is 2. The summed E-state index contributed by atoms with van der Waals surface area (Å²) in [6.07, 6.45) is 3.66. The molecule has 0 aliphatic carbocycles. The van der Waals surface area contributed by atoms with Gasteiger partial charge in [0, 0.05) is 18.8 Å². The van der Waals surface area contributed by atoms with Gasteiger partial charge in [-0.1, -0.05) is 17.7 Å². The lowest BCUT2D eigenvalue weighted by molar-refractivity contribution is -0.118. The number of hydrogen-bond donors (Lipinski definition) is 2. The predicted octanol–water partition coefficient (Wildman–Crippen LogP) is 3.71. The molecule has 168 valence electrons. The van der Waals surface area contributed by atoms with Crippen molar-refractivity contribution < 1.29 is 14.0 Å². The molecule has 0 spiro atoms. The van der Waals surface area contributed by atoms with Crippen LogP contribution in [-0.4, -0.2) is 47.9 Å². The highest BCUT2D eigenvalue weighted by Crippen LogP contribution is 2.22. The number of rotatable bonds is 6. The number of amides is 2.